The maximum absolute atomic E-state index is 15.1. The summed E-state index contributed by atoms with van der Waals surface area (Å²) in [7, 11) is -4.13. The summed E-state index contributed by atoms with van der Waals surface area (Å²) in [4.78, 5) is 62.4. The summed E-state index contributed by atoms with van der Waals surface area (Å²) in [6.45, 7) is 8.08. The molecule has 3 fully saturated rings. The first kappa shape index (κ1) is 45.2. The largest absolute Gasteiger partial charge is 0.478 e. The Morgan fingerprint density at radius 1 is 1.15 bits per heavy atom. The number of nitrogens with zero attached hydrogens (tertiary/aromatic N) is 3. The molecule has 14 nitrogen and oxygen atoms in total. The van der Waals surface area contributed by atoms with Gasteiger partial charge in [0.05, 0.1) is 17.9 Å². The third kappa shape index (κ3) is 8.72. The number of halogens is 4. The number of aromatic nitrogens is 1. The minimum absolute atomic E-state index is 0.0350. The molecule has 4 aliphatic rings. The van der Waals surface area contributed by atoms with Crippen molar-refractivity contribution < 1.29 is 55.3 Å². The van der Waals surface area contributed by atoms with Crippen molar-refractivity contribution in [3.8, 4) is 11.8 Å². The molecule has 330 valence electrons. The molecule has 2 aliphatic heterocycles. The monoisotopic (exact) mass is 883 g/mol. The average Bonchev–Trinajstić information content (AvgIpc) is 4.04. The van der Waals surface area contributed by atoms with Crippen LogP contribution in [0.1, 0.15) is 92.9 Å². The first-order valence-corrected chi connectivity index (χ1v) is 22.2. The molecule has 1 aromatic heterocycles. The van der Waals surface area contributed by atoms with E-state index in [4.69, 9.17) is 21.1 Å². The van der Waals surface area contributed by atoms with E-state index >= 15 is 4.79 Å². The molecule has 1 aromatic carbocycles. The zero-order valence-electron chi connectivity index (χ0n) is 34.5. The number of rotatable bonds is 10. The Hall–Kier alpha value is -4.32. The SMILES string of the molecule is CCCOc1cc2c(Cl)cccc2c(O[C@@H]2C[C@H]3C(=O)N[C@]4(C(=O)NS(=O)(=O)C5(C)CC5)C[C@H]4C=CCC[C@@H](C)C[C@@H](C)[C@H](N(C(=O)O)C(C)(C)C(F)(F)F)C(=O)N3C2)n1. The highest BCUT2D eigenvalue weighted by Crippen LogP contribution is 2.48. The highest BCUT2D eigenvalue weighted by Gasteiger charge is 2.64. The second-order valence-corrected chi connectivity index (χ2v) is 20.2. The van der Waals surface area contributed by atoms with Crippen LogP contribution < -0.4 is 19.5 Å². The van der Waals surface area contributed by atoms with Gasteiger partial charge in [0, 0.05) is 34.2 Å². The Kier molecular flexibility index (Phi) is 12.4. The number of benzene rings is 1. The Morgan fingerprint density at radius 3 is 2.48 bits per heavy atom. The van der Waals surface area contributed by atoms with Crippen LogP contribution in [0.25, 0.3) is 10.8 Å². The highest BCUT2D eigenvalue weighted by atomic mass is 35.5. The van der Waals surface area contributed by atoms with Gasteiger partial charge in [0.15, 0.2) is 0 Å². The van der Waals surface area contributed by atoms with E-state index < -0.39 is 92.4 Å². The Morgan fingerprint density at radius 2 is 1.85 bits per heavy atom. The van der Waals surface area contributed by atoms with Gasteiger partial charge in [0.2, 0.25) is 33.6 Å². The predicted octanol–water partition coefficient (Wildman–Crippen LogP) is 6.60. The van der Waals surface area contributed by atoms with Crippen LogP contribution in [0.4, 0.5) is 18.0 Å². The number of carboxylic acid groups (broad SMARTS) is 1. The molecule has 3 heterocycles. The third-order valence-electron chi connectivity index (χ3n) is 12.5. The van der Waals surface area contributed by atoms with Gasteiger partial charge in [-0.1, -0.05) is 50.6 Å². The molecule has 7 atom stereocenters. The van der Waals surface area contributed by atoms with Gasteiger partial charge in [-0.3, -0.25) is 24.0 Å². The van der Waals surface area contributed by atoms with Crippen molar-refractivity contribution in [3.05, 3.63) is 41.4 Å². The molecule has 0 unspecified atom stereocenters. The maximum Gasteiger partial charge on any atom is 0.411 e. The number of hydrogen-bond donors (Lipinski definition) is 3. The summed E-state index contributed by atoms with van der Waals surface area (Å²) in [6, 6.07) is 3.24. The summed E-state index contributed by atoms with van der Waals surface area (Å²) in [5.74, 6) is -4.49. The van der Waals surface area contributed by atoms with Crippen LogP contribution in [-0.2, 0) is 24.4 Å². The Labute approximate surface area is 352 Å². The van der Waals surface area contributed by atoms with Gasteiger partial charge in [-0.15, -0.1) is 0 Å². The summed E-state index contributed by atoms with van der Waals surface area (Å²) in [6.07, 6.45) is -2.36. The number of hydrogen-bond acceptors (Lipinski definition) is 9. The summed E-state index contributed by atoms with van der Waals surface area (Å²) in [5, 5.41) is 14.6. The summed E-state index contributed by atoms with van der Waals surface area (Å²) in [5.41, 5.74) is -4.79. The second kappa shape index (κ2) is 16.5. The molecule has 4 amide bonds. The van der Waals surface area contributed by atoms with E-state index in [0.717, 1.165) is 4.90 Å². The van der Waals surface area contributed by atoms with E-state index in [2.05, 4.69) is 15.0 Å². The lowest BCUT2D eigenvalue weighted by Gasteiger charge is -2.45. The van der Waals surface area contributed by atoms with Crippen molar-refractivity contribution in [2.75, 3.05) is 13.2 Å². The quantitative estimate of drug-likeness (QED) is 0.220. The number of pyridine rings is 1. The predicted molar refractivity (Wildman–Crippen MR) is 216 cm³/mol. The Balaban J connectivity index is 1.44. The second-order valence-electron chi connectivity index (χ2n) is 17.6. The number of amides is 4. The van der Waals surface area contributed by atoms with Crippen LogP contribution in [-0.4, -0.2) is 105 Å². The zero-order valence-corrected chi connectivity index (χ0v) is 36.0. The van der Waals surface area contributed by atoms with Crippen LogP contribution in [0.3, 0.4) is 0 Å². The Bertz CT molecular complexity index is 2170. The number of fused-ring (bicyclic) bond motifs is 3. The van der Waals surface area contributed by atoms with Gasteiger partial charge in [-0.25, -0.2) is 13.2 Å². The molecule has 0 spiro atoms. The molecule has 1 saturated heterocycles. The van der Waals surface area contributed by atoms with E-state index in [1.165, 1.54) is 13.8 Å². The number of ether oxygens (including phenoxy) is 2. The minimum Gasteiger partial charge on any atom is -0.478 e. The first-order chi connectivity index (χ1) is 28.0. The highest BCUT2D eigenvalue weighted by molar-refractivity contribution is 7.91. The zero-order chi connectivity index (χ0) is 44.2. The maximum atomic E-state index is 15.1. The lowest BCUT2D eigenvalue weighted by atomic mass is 9.85. The van der Waals surface area contributed by atoms with E-state index in [1.807, 2.05) is 13.8 Å². The molecule has 2 aromatic rings. The number of alkyl halides is 3. The molecule has 0 radical (unpaired) electrons. The van der Waals surface area contributed by atoms with Gasteiger partial charge in [0.25, 0.3) is 5.91 Å². The lowest BCUT2D eigenvalue weighted by Crippen LogP contribution is -2.66. The molecule has 0 bridgehead atoms. The minimum atomic E-state index is -5.11. The molecule has 6 rings (SSSR count). The fourth-order valence-corrected chi connectivity index (χ4v) is 9.84. The smallest absolute Gasteiger partial charge is 0.411 e. The number of sulfonamides is 1. The van der Waals surface area contributed by atoms with Gasteiger partial charge in [-0.05, 0) is 89.7 Å². The van der Waals surface area contributed by atoms with Crippen LogP contribution in [0, 0.1) is 17.8 Å². The molecule has 3 N–H and O–H groups in total. The van der Waals surface area contributed by atoms with Crippen molar-refractivity contribution in [1.82, 2.24) is 24.8 Å². The summed E-state index contributed by atoms with van der Waals surface area (Å²) < 4.78 is 84.0. The van der Waals surface area contributed by atoms with Crippen molar-refractivity contribution in [1.29, 1.82) is 0 Å². The van der Waals surface area contributed by atoms with Crippen molar-refractivity contribution in [3.63, 3.8) is 0 Å². The normalized spacial score (nSPS) is 28.4. The van der Waals surface area contributed by atoms with Crippen LogP contribution in [0.2, 0.25) is 5.02 Å². The molecule has 2 saturated carbocycles. The number of carbonyl (C=O) groups is 4. The van der Waals surface area contributed by atoms with Gasteiger partial charge in [0.1, 0.15) is 29.3 Å². The van der Waals surface area contributed by atoms with E-state index in [0.29, 0.717) is 68.4 Å². The number of carbonyl (C=O) groups excluding carboxylic acids is 3. The standard InChI is InChI=1S/C41H53ClF3N5O9S/c1-7-17-58-31-20-28-27(13-10-14-29(28)42)34(46-31)59-26-19-30-33(51)47-40(36(53)48-60(56,57)39(6)15-16-39)21-25(40)12-9-8-11-23(2)18-24(3)32(35(52)49(30)22-26)50(37(54)55)38(4,5)41(43,44)45/h9-10,12-14,20,23-26,30,32H,7-8,11,15-19,21-22H2,1-6H3,(H,47,51)(H,48,53)(H,54,55)/t23-,24-,25-,26-,30+,32+,40-/m1/s1. The molecule has 19 heteroatoms. The van der Waals surface area contributed by atoms with Crippen molar-refractivity contribution in [2.24, 2.45) is 17.8 Å². The fraction of sp³-hybridized carbons (Fsp3) is 0.634. The topological polar surface area (TPSA) is 185 Å². The van der Waals surface area contributed by atoms with Crippen molar-refractivity contribution in [2.45, 2.75) is 133 Å². The summed E-state index contributed by atoms with van der Waals surface area (Å²) >= 11 is 6.55. The van der Waals surface area contributed by atoms with Crippen LogP contribution in [0.5, 0.6) is 11.8 Å². The van der Waals surface area contributed by atoms with E-state index in [1.54, 1.807) is 36.4 Å². The molecule has 2 aliphatic carbocycles. The van der Waals surface area contributed by atoms with Gasteiger partial charge in [-0.2, -0.15) is 18.2 Å². The molecule has 60 heavy (non-hydrogen) atoms. The lowest BCUT2D eigenvalue weighted by molar-refractivity contribution is -0.222. The third-order valence-corrected chi connectivity index (χ3v) is 15.0. The van der Waals surface area contributed by atoms with E-state index in [9.17, 15) is 41.1 Å². The average molecular weight is 884 g/mol. The van der Waals surface area contributed by atoms with Gasteiger partial charge < -0.3 is 24.8 Å². The first-order valence-electron chi connectivity index (χ1n) is 20.3. The molecular weight excluding hydrogens is 831 g/mol. The fourth-order valence-electron chi connectivity index (χ4n) is 8.30. The van der Waals surface area contributed by atoms with Gasteiger partial charge >= 0.3 is 12.3 Å². The van der Waals surface area contributed by atoms with Crippen LogP contribution in [0.15, 0.2) is 36.4 Å². The number of nitrogens with one attached hydrogen (secondary N) is 2. The van der Waals surface area contributed by atoms with Crippen LogP contribution >= 0.6 is 11.6 Å². The molecular formula is C41H53ClF3N5O9S. The number of allylic oxidation sites excluding steroid dienone is 1. The van der Waals surface area contributed by atoms with Crippen molar-refractivity contribution >= 4 is 56.2 Å². The van der Waals surface area contributed by atoms with E-state index in [-0.39, 0.29) is 41.8 Å².